The second-order valence-electron chi connectivity index (χ2n) is 2.47. The molecule has 0 bridgehead atoms. The molecule has 0 heterocycles. The van der Waals surface area contributed by atoms with Crippen LogP contribution in [0.4, 0.5) is 14.5 Å². The average Bonchev–Trinajstić information content (AvgIpc) is 2.05. The predicted octanol–water partition coefficient (Wildman–Crippen LogP) is 2.75. The van der Waals surface area contributed by atoms with Crippen molar-refractivity contribution in [3.05, 3.63) is 30.3 Å². The monoisotopic (exact) mass is 171 g/mol. The van der Waals surface area contributed by atoms with E-state index >= 15 is 0 Å². The summed E-state index contributed by atoms with van der Waals surface area (Å²) < 4.78 is 23.4. The van der Waals surface area contributed by atoms with Crippen LogP contribution in [-0.4, -0.2) is 13.0 Å². The maximum absolute atomic E-state index is 11.7. The Bertz CT molecular complexity index is 211. The van der Waals surface area contributed by atoms with Crippen molar-refractivity contribution in [2.45, 2.75) is 12.8 Å². The summed E-state index contributed by atoms with van der Waals surface area (Å²) in [6, 6.07) is 9.32. The highest BCUT2D eigenvalue weighted by molar-refractivity contribution is 5.42. The van der Waals surface area contributed by atoms with E-state index in [1.54, 1.807) is 0 Å². The van der Waals surface area contributed by atoms with Gasteiger partial charge in [0.25, 0.3) is 0 Å². The largest absolute Gasteiger partial charge is 0.385 e. The first kappa shape index (κ1) is 8.97. The van der Waals surface area contributed by atoms with E-state index in [1.807, 2.05) is 30.3 Å². The number of benzene rings is 1. The Kier molecular flexibility index (Phi) is 3.51. The van der Waals surface area contributed by atoms with Gasteiger partial charge in [-0.15, -0.1) is 0 Å². The third-order valence-corrected chi connectivity index (χ3v) is 1.47. The molecule has 0 aromatic heterocycles. The number of alkyl halides is 2. The number of halogens is 2. The van der Waals surface area contributed by atoms with Crippen LogP contribution < -0.4 is 5.32 Å². The molecule has 1 nitrogen and oxygen atoms in total. The molecule has 12 heavy (non-hydrogen) atoms. The van der Waals surface area contributed by atoms with Crippen LogP contribution in [0.25, 0.3) is 0 Å². The molecule has 0 radical (unpaired) electrons. The first-order valence-electron chi connectivity index (χ1n) is 3.86. The number of anilines is 1. The van der Waals surface area contributed by atoms with Gasteiger partial charge in [0.2, 0.25) is 6.43 Å². The van der Waals surface area contributed by atoms with Gasteiger partial charge in [-0.25, -0.2) is 8.78 Å². The summed E-state index contributed by atoms with van der Waals surface area (Å²) in [6.45, 7) is 0.321. The van der Waals surface area contributed by atoms with Gasteiger partial charge < -0.3 is 5.32 Å². The first-order valence-corrected chi connectivity index (χ1v) is 3.86. The molecule has 1 aromatic carbocycles. The van der Waals surface area contributed by atoms with Crippen LogP contribution in [0.5, 0.6) is 0 Å². The van der Waals surface area contributed by atoms with E-state index < -0.39 is 6.43 Å². The van der Waals surface area contributed by atoms with Crippen LogP contribution in [0.2, 0.25) is 0 Å². The van der Waals surface area contributed by atoms with E-state index in [9.17, 15) is 8.78 Å². The number of hydrogen-bond donors (Lipinski definition) is 1. The summed E-state index contributed by atoms with van der Waals surface area (Å²) in [4.78, 5) is 0. The molecule has 1 rings (SSSR count). The van der Waals surface area contributed by atoms with Gasteiger partial charge in [0.1, 0.15) is 0 Å². The van der Waals surface area contributed by atoms with Crippen molar-refractivity contribution in [3.63, 3.8) is 0 Å². The first-order chi connectivity index (χ1) is 5.79. The zero-order valence-electron chi connectivity index (χ0n) is 6.63. The van der Waals surface area contributed by atoms with E-state index in [-0.39, 0.29) is 6.42 Å². The lowest BCUT2D eigenvalue weighted by atomic mass is 10.3. The van der Waals surface area contributed by atoms with E-state index in [4.69, 9.17) is 0 Å². The molecule has 1 aromatic rings. The Morgan fingerprint density at radius 3 is 2.42 bits per heavy atom. The SMILES string of the molecule is FC(F)CCNc1ccccc1. The molecule has 0 aliphatic rings. The van der Waals surface area contributed by atoms with Gasteiger partial charge in [-0.3, -0.25) is 0 Å². The van der Waals surface area contributed by atoms with Crippen molar-refractivity contribution in [2.75, 3.05) is 11.9 Å². The molecule has 0 spiro atoms. The fourth-order valence-corrected chi connectivity index (χ4v) is 0.882. The second-order valence-corrected chi connectivity index (χ2v) is 2.47. The lowest BCUT2D eigenvalue weighted by Crippen LogP contribution is -2.05. The van der Waals surface area contributed by atoms with Crippen molar-refractivity contribution in [2.24, 2.45) is 0 Å². The fourth-order valence-electron chi connectivity index (χ4n) is 0.882. The third-order valence-electron chi connectivity index (χ3n) is 1.47. The van der Waals surface area contributed by atoms with Gasteiger partial charge in [-0.2, -0.15) is 0 Å². The highest BCUT2D eigenvalue weighted by Gasteiger charge is 2.00. The topological polar surface area (TPSA) is 12.0 Å². The Morgan fingerprint density at radius 1 is 1.17 bits per heavy atom. The number of hydrogen-bond acceptors (Lipinski definition) is 1. The van der Waals surface area contributed by atoms with Gasteiger partial charge in [0, 0.05) is 18.7 Å². The molecule has 1 N–H and O–H groups in total. The second kappa shape index (κ2) is 4.70. The summed E-state index contributed by atoms with van der Waals surface area (Å²) in [7, 11) is 0. The molecular weight excluding hydrogens is 160 g/mol. The van der Waals surface area contributed by atoms with Crippen LogP contribution in [0.15, 0.2) is 30.3 Å². The number of rotatable bonds is 4. The van der Waals surface area contributed by atoms with Crippen LogP contribution in [0.3, 0.4) is 0 Å². The molecule has 3 heteroatoms. The van der Waals surface area contributed by atoms with Gasteiger partial charge in [0.05, 0.1) is 0 Å². The van der Waals surface area contributed by atoms with E-state index in [2.05, 4.69) is 5.32 Å². The Labute approximate surface area is 70.4 Å². The summed E-state index contributed by atoms with van der Waals surface area (Å²) in [6.07, 6.45) is -2.32. The molecule has 0 amide bonds. The molecule has 0 unspecified atom stereocenters. The minimum atomic E-state index is -2.22. The minimum absolute atomic E-state index is 0.102. The quantitative estimate of drug-likeness (QED) is 0.734. The molecule has 0 atom stereocenters. The highest BCUT2D eigenvalue weighted by atomic mass is 19.3. The number of nitrogens with one attached hydrogen (secondary N) is 1. The molecular formula is C9H11F2N. The van der Waals surface area contributed by atoms with Gasteiger partial charge in [-0.05, 0) is 12.1 Å². The maximum atomic E-state index is 11.7. The van der Waals surface area contributed by atoms with Gasteiger partial charge >= 0.3 is 0 Å². The number of para-hydroxylation sites is 1. The molecule has 0 fully saturated rings. The van der Waals surface area contributed by atoms with Crippen molar-refractivity contribution >= 4 is 5.69 Å². The van der Waals surface area contributed by atoms with Gasteiger partial charge in [0.15, 0.2) is 0 Å². The molecule has 0 saturated carbocycles. The molecule has 0 saturated heterocycles. The van der Waals surface area contributed by atoms with Crippen LogP contribution >= 0.6 is 0 Å². The molecule has 0 aliphatic carbocycles. The third kappa shape index (κ3) is 3.32. The van der Waals surface area contributed by atoms with Crippen molar-refractivity contribution in [3.8, 4) is 0 Å². The minimum Gasteiger partial charge on any atom is -0.385 e. The Morgan fingerprint density at radius 2 is 1.83 bits per heavy atom. The zero-order valence-corrected chi connectivity index (χ0v) is 6.63. The summed E-state index contributed by atoms with van der Waals surface area (Å²) in [5.41, 5.74) is 0.887. The molecule has 0 aliphatic heterocycles. The lowest BCUT2D eigenvalue weighted by Gasteiger charge is -2.04. The lowest BCUT2D eigenvalue weighted by molar-refractivity contribution is 0.142. The van der Waals surface area contributed by atoms with E-state index in [1.165, 1.54) is 0 Å². The Balaban J connectivity index is 2.25. The Hall–Kier alpha value is -1.12. The normalized spacial score (nSPS) is 10.2. The van der Waals surface area contributed by atoms with Crippen LogP contribution in [0.1, 0.15) is 6.42 Å². The zero-order chi connectivity index (χ0) is 8.81. The summed E-state index contributed by atoms with van der Waals surface area (Å²) in [5, 5.41) is 2.90. The maximum Gasteiger partial charge on any atom is 0.240 e. The van der Waals surface area contributed by atoms with Crippen molar-refractivity contribution in [1.29, 1.82) is 0 Å². The van der Waals surface area contributed by atoms with Crippen molar-refractivity contribution < 1.29 is 8.78 Å². The summed E-state index contributed by atoms with van der Waals surface area (Å²) in [5.74, 6) is 0. The van der Waals surface area contributed by atoms with E-state index in [0.29, 0.717) is 6.54 Å². The van der Waals surface area contributed by atoms with Crippen LogP contribution in [0, 0.1) is 0 Å². The standard InChI is InChI=1S/C9H11F2N/c10-9(11)6-7-12-8-4-2-1-3-5-8/h1-5,9,12H,6-7H2. The van der Waals surface area contributed by atoms with Crippen LogP contribution in [-0.2, 0) is 0 Å². The summed E-state index contributed by atoms with van der Waals surface area (Å²) >= 11 is 0. The predicted molar refractivity (Wildman–Crippen MR) is 45.6 cm³/mol. The van der Waals surface area contributed by atoms with Crippen molar-refractivity contribution in [1.82, 2.24) is 0 Å². The highest BCUT2D eigenvalue weighted by Crippen LogP contribution is 2.06. The van der Waals surface area contributed by atoms with Gasteiger partial charge in [-0.1, -0.05) is 18.2 Å². The molecule has 66 valence electrons. The smallest absolute Gasteiger partial charge is 0.240 e. The fraction of sp³-hybridized carbons (Fsp3) is 0.333. The van der Waals surface area contributed by atoms with E-state index in [0.717, 1.165) is 5.69 Å². The average molecular weight is 171 g/mol.